The molecule has 1 aliphatic rings. The van der Waals surface area contributed by atoms with Crippen molar-refractivity contribution >= 4 is 11.9 Å². The molecule has 0 bridgehead atoms. The Labute approximate surface area is 119 Å². The Morgan fingerprint density at radius 1 is 1.20 bits per heavy atom. The van der Waals surface area contributed by atoms with Gasteiger partial charge in [-0.1, -0.05) is 18.2 Å². The second-order valence-electron chi connectivity index (χ2n) is 5.17. The predicted molar refractivity (Wildman–Crippen MR) is 76.8 cm³/mol. The number of hydrogen-bond acceptors (Lipinski definition) is 3. The summed E-state index contributed by atoms with van der Waals surface area (Å²) in [7, 11) is 0. The van der Waals surface area contributed by atoms with E-state index >= 15 is 0 Å². The summed E-state index contributed by atoms with van der Waals surface area (Å²) in [5, 5.41) is 0. The lowest BCUT2D eigenvalue weighted by atomic mass is 9.98. The summed E-state index contributed by atoms with van der Waals surface area (Å²) in [6.07, 6.45) is 1.91. The van der Waals surface area contributed by atoms with E-state index in [0.29, 0.717) is 26.1 Å². The van der Waals surface area contributed by atoms with Gasteiger partial charge in [0.05, 0.1) is 6.61 Å². The third-order valence-corrected chi connectivity index (χ3v) is 3.55. The zero-order valence-electron chi connectivity index (χ0n) is 12.1. The summed E-state index contributed by atoms with van der Waals surface area (Å²) in [5.74, 6) is 0.173. The van der Waals surface area contributed by atoms with Gasteiger partial charge >= 0.3 is 6.09 Å². The maximum Gasteiger partial charge on any atom is 0.409 e. The van der Waals surface area contributed by atoms with Crippen molar-refractivity contribution in [3.8, 4) is 0 Å². The molecule has 0 spiro atoms. The molecule has 0 atom stereocenters. The fourth-order valence-corrected chi connectivity index (χ4v) is 2.57. The average Bonchev–Trinajstić information content (AvgIpc) is 2.60. The second kappa shape index (κ2) is 6.55. The van der Waals surface area contributed by atoms with Crippen molar-refractivity contribution in [1.82, 2.24) is 4.90 Å². The number of carbonyl (C=O) groups excluding carboxylic acids is 2. The van der Waals surface area contributed by atoms with Crippen LogP contribution >= 0.6 is 0 Å². The molecule has 1 amide bonds. The first-order valence-electron chi connectivity index (χ1n) is 7.12. The number of hydrogen-bond donors (Lipinski definition) is 0. The SMILES string of the molecule is CCOC(=O)N1CCc2ccc(CC(C)=O)cc2CC1. The number of nitrogens with zero attached hydrogens (tertiary/aromatic N) is 1. The van der Waals surface area contributed by atoms with Gasteiger partial charge in [0.25, 0.3) is 0 Å². The molecule has 1 aromatic carbocycles. The Bertz CT molecular complexity index is 510. The van der Waals surface area contributed by atoms with E-state index in [1.165, 1.54) is 11.1 Å². The molecule has 0 saturated heterocycles. The van der Waals surface area contributed by atoms with Gasteiger partial charge in [0.2, 0.25) is 0 Å². The molecule has 1 aromatic rings. The van der Waals surface area contributed by atoms with E-state index in [0.717, 1.165) is 18.4 Å². The number of carbonyl (C=O) groups is 2. The number of benzene rings is 1. The van der Waals surface area contributed by atoms with Crippen LogP contribution in [-0.4, -0.2) is 36.5 Å². The van der Waals surface area contributed by atoms with E-state index in [1.54, 1.807) is 11.8 Å². The van der Waals surface area contributed by atoms with Gasteiger partial charge in [0, 0.05) is 19.5 Å². The van der Waals surface area contributed by atoms with E-state index in [9.17, 15) is 9.59 Å². The summed E-state index contributed by atoms with van der Waals surface area (Å²) in [6.45, 7) is 5.20. The summed E-state index contributed by atoms with van der Waals surface area (Å²) >= 11 is 0. The van der Waals surface area contributed by atoms with E-state index < -0.39 is 0 Å². The third kappa shape index (κ3) is 3.59. The molecule has 4 heteroatoms. The van der Waals surface area contributed by atoms with Crippen LogP contribution in [0.4, 0.5) is 4.79 Å². The minimum Gasteiger partial charge on any atom is -0.450 e. The number of ether oxygens (including phenoxy) is 1. The smallest absolute Gasteiger partial charge is 0.409 e. The summed E-state index contributed by atoms with van der Waals surface area (Å²) in [4.78, 5) is 24.7. The molecule has 1 aliphatic heterocycles. The molecule has 108 valence electrons. The molecule has 0 aromatic heterocycles. The maximum atomic E-state index is 11.8. The van der Waals surface area contributed by atoms with Gasteiger partial charge in [0.1, 0.15) is 5.78 Å². The average molecular weight is 275 g/mol. The lowest BCUT2D eigenvalue weighted by Gasteiger charge is -2.18. The highest BCUT2D eigenvalue weighted by molar-refractivity contribution is 5.78. The van der Waals surface area contributed by atoms with E-state index in [2.05, 4.69) is 12.1 Å². The molecule has 4 nitrogen and oxygen atoms in total. The van der Waals surface area contributed by atoms with Gasteiger partial charge in [-0.2, -0.15) is 0 Å². The molecule has 2 rings (SSSR count). The maximum absolute atomic E-state index is 11.8. The molecule has 0 radical (unpaired) electrons. The van der Waals surface area contributed by atoms with Crippen LogP contribution in [0.5, 0.6) is 0 Å². The molecule has 0 fully saturated rings. The molecular weight excluding hydrogens is 254 g/mol. The van der Waals surface area contributed by atoms with Crippen molar-refractivity contribution in [3.63, 3.8) is 0 Å². The summed E-state index contributed by atoms with van der Waals surface area (Å²) < 4.78 is 5.05. The first-order chi connectivity index (χ1) is 9.60. The van der Waals surface area contributed by atoms with Crippen molar-refractivity contribution in [2.24, 2.45) is 0 Å². The van der Waals surface area contributed by atoms with Gasteiger partial charge in [-0.25, -0.2) is 4.79 Å². The van der Waals surface area contributed by atoms with Crippen LogP contribution in [0, 0.1) is 0 Å². The number of amides is 1. The van der Waals surface area contributed by atoms with Crippen molar-refractivity contribution < 1.29 is 14.3 Å². The molecule has 20 heavy (non-hydrogen) atoms. The molecule has 0 saturated carbocycles. The lowest BCUT2D eigenvalue weighted by Crippen LogP contribution is -2.33. The van der Waals surface area contributed by atoms with Crippen molar-refractivity contribution in [2.45, 2.75) is 33.1 Å². The Morgan fingerprint density at radius 2 is 1.90 bits per heavy atom. The van der Waals surface area contributed by atoms with Gasteiger partial charge < -0.3 is 9.64 Å². The highest BCUT2D eigenvalue weighted by Crippen LogP contribution is 2.19. The molecule has 0 aliphatic carbocycles. The minimum absolute atomic E-state index is 0.173. The minimum atomic E-state index is -0.232. The van der Waals surface area contributed by atoms with Crippen LogP contribution in [0.1, 0.15) is 30.5 Å². The molecular formula is C16H21NO3. The van der Waals surface area contributed by atoms with Crippen molar-refractivity contribution in [1.29, 1.82) is 0 Å². The largest absolute Gasteiger partial charge is 0.450 e. The Kier molecular flexibility index (Phi) is 4.77. The van der Waals surface area contributed by atoms with Crippen molar-refractivity contribution in [2.75, 3.05) is 19.7 Å². The topological polar surface area (TPSA) is 46.6 Å². The monoisotopic (exact) mass is 275 g/mol. The van der Waals surface area contributed by atoms with Gasteiger partial charge in [0.15, 0.2) is 0 Å². The standard InChI is InChI=1S/C16H21NO3/c1-3-20-16(19)17-8-6-14-5-4-13(10-12(2)18)11-15(14)7-9-17/h4-5,11H,3,6-10H2,1-2H3. The van der Waals surface area contributed by atoms with Crippen molar-refractivity contribution in [3.05, 3.63) is 34.9 Å². The van der Waals surface area contributed by atoms with Gasteiger partial charge in [-0.05, 0) is 43.4 Å². The van der Waals surface area contributed by atoms with Crippen LogP contribution in [0.2, 0.25) is 0 Å². The van der Waals surface area contributed by atoms with Crippen LogP contribution in [0.15, 0.2) is 18.2 Å². The van der Waals surface area contributed by atoms with Crippen LogP contribution in [-0.2, 0) is 28.8 Å². The zero-order valence-corrected chi connectivity index (χ0v) is 12.1. The quantitative estimate of drug-likeness (QED) is 0.851. The van der Waals surface area contributed by atoms with E-state index in [-0.39, 0.29) is 11.9 Å². The van der Waals surface area contributed by atoms with Crippen LogP contribution in [0.25, 0.3) is 0 Å². The van der Waals surface area contributed by atoms with Crippen LogP contribution < -0.4 is 0 Å². The zero-order chi connectivity index (χ0) is 14.5. The fraction of sp³-hybridized carbons (Fsp3) is 0.500. The van der Waals surface area contributed by atoms with E-state index in [1.807, 2.05) is 13.0 Å². The normalized spacial score (nSPS) is 14.4. The first-order valence-corrected chi connectivity index (χ1v) is 7.12. The molecule has 0 unspecified atom stereocenters. The fourth-order valence-electron chi connectivity index (χ4n) is 2.57. The molecule has 0 N–H and O–H groups in total. The predicted octanol–water partition coefficient (Wildman–Crippen LogP) is 2.38. The number of ketones is 1. The van der Waals surface area contributed by atoms with Crippen LogP contribution in [0.3, 0.4) is 0 Å². The third-order valence-electron chi connectivity index (χ3n) is 3.55. The Balaban J connectivity index is 2.09. The second-order valence-corrected chi connectivity index (χ2v) is 5.17. The number of Topliss-reactive ketones (excluding diaryl/α,β-unsaturated/α-hetero) is 1. The highest BCUT2D eigenvalue weighted by Gasteiger charge is 2.19. The van der Waals surface area contributed by atoms with Gasteiger partial charge in [-0.15, -0.1) is 0 Å². The summed E-state index contributed by atoms with van der Waals surface area (Å²) in [5.41, 5.74) is 3.57. The highest BCUT2D eigenvalue weighted by atomic mass is 16.6. The lowest BCUT2D eigenvalue weighted by molar-refractivity contribution is -0.116. The molecule has 1 heterocycles. The Hall–Kier alpha value is -1.84. The first kappa shape index (κ1) is 14.6. The number of rotatable bonds is 3. The van der Waals surface area contributed by atoms with E-state index in [4.69, 9.17) is 4.74 Å². The summed E-state index contributed by atoms with van der Waals surface area (Å²) in [6, 6.07) is 6.20. The van der Waals surface area contributed by atoms with Gasteiger partial charge in [-0.3, -0.25) is 4.79 Å². The Morgan fingerprint density at radius 3 is 2.55 bits per heavy atom. The number of fused-ring (bicyclic) bond motifs is 1.